The summed E-state index contributed by atoms with van der Waals surface area (Å²) in [5.74, 6) is 1.18. The Bertz CT molecular complexity index is 1440. The Morgan fingerprint density at radius 1 is 1.00 bits per heavy atom. The molecular formula is C26H32N8O3S. The quantitative estimate of drug-likeness (QED) is 0.498. The monoisotopic (exact) mass is 536 g/mol. The second kappa shape index (κ2) is 9.82. The number of carbonyl (C=O) groups is 1. The van der Waals surface area contributed by atoms with Crippen molar-refractivity contribution in [3.05, 3.63) is 54.6 Å². The first-order valence-electron chi connectivity index (χ1n) is 12.6. The molecule has 1 unspecified atom stereocenters. The Balaban J connectivity index is 1.45. The fourth-order valence-electron chi connectivity index (χ4n) is 5.51. The highest BCUT2D eigenvalue weighted by Crippen LogP contribution is 2.39. The zero-order valence-electron chi connectivity index (χ0n) is 21.8. The fourth-order valence-corrected chi connectivity index (χ4v) is 6.91. The average Bonchev–Trinajstić information content (AvgIpc) is 3.20. The Hall–Kier alpha value is -3.80. The van der Waals surface area contributed by atoms with E-state index in [1.54, 1.807) is 30.7 Å². The molecule has 2 aliphatic rings. The van der Waals surface area contributed by atoms with Crippen molar-refractivity contribution in [2.24, 2.45) is 11.7 Å². The molecule has 12 heteroatoms. The molecular weight excluding hydrogens is 504 g/mol. The van der Waals surface area contributed by atoms with E-state index in [0.717, 1.165) is 12.2 Å². The first-order chi connectivity index (χ1) is 18.1. The molecule has 2 fully saturated rings. The van der Waals surface area contributed by atoms with Crippen molar-refractivity contribution < 1.29 is 13.2 Å². The minimum atomic E-state index is -4.17. The lowest BCUT2D eigenvalue weighted by Crippen LogP contribution is -2.47. The molecule has 38 heavy (non-hydrogen) atoms. The number of hydrogen-bond donors (Lipinski definition) is 1. The van der Waals surface area contributed by atoms with Crippen LogP contribution < -0.4 is 20.4 Å². The number of primary amides is 1. The first kappa shape index (κ1) is 25.8. The summed E-state index contributed by atoms with van der Waals surface area (Å²) in [6.45, 7) is 9.55. The van der Waals surface area contributed by atoms with Crippen LogP contribution in [0.1, 0.15) is 37.6 Å². The number of pyridine rings is 2. The highest BCUT2D eigenvalue weighted by atomic mass is 32.2. The van der Waals surface area contributed by atoms with Gasteiger partial charge in [-0.2, -0.15) is 0 Å². The van der Waals surface area contributed by atoms with Gasteiger partial charge in [0.1, 0.15) is 23.0 Å². The van der Waals surface area contributed by atoms with Crippen LogP contribution in [0.4, 0.5) is 17.5 Å². The number of nitrogens with two attached hydrogens (primary N) is 1. The second-order valence-corrected chi connectivity index (χ2v) is 12.3. The van der Waals surface area contributed by atoms with Gasteiger partial charge in [0, 0.05) is 56.9 Å². The predicted octanol–water partition coefficient (Wildman–Crippen LogP) is 2.15. The van der Waals surface area contributed by atoms with Crippen molar-refractivity contribution in [2.75, 3.05) is 47.4 Å². The van der Waals surface area contributed by atoms with E-state index in [4.69, 9.17) is 5.73 Å². The summed E-state index contributed by atoms with van der Waals surface area (Å²) in [7, 11) is -4.17. The number of anilines is 3. The Morgan fingerprint density at radius 3 is 2.32 bits per heavy atom. The van der Waals surface area contributed by atoms with Gasteiger partial charge in [-0.3, -0.25) is 9.78 Å². The largest absolute Gasteiger partial charge is 0.365 e. The molecule has 2 N–H and O–H groups in total. The van der Waals surface area contributed by atoms with Crippen LogP contribution in [0.2, 0.25) is 0 Å². The topological polar surface area (TPSA) is 139 Å². The minimum absolute atomic E-state index is 0.0977. The number of hydrogen-bond acceptors (Lipinski definition) is 10. The number of aromatic nitrogens is 4. The SMILES string of the molecule is CC1CN(c2nccc(S(=O)(=O)c3cccc(N4CCN(c5cnccn5)CC4)n3)c2C(N)=O)C(C)(C)C1. The summed E-state index contributed by atoms with van der Waals surface area (Å²) in [5, 5.41) is -0.139. The molecule has 0 spiro atoms. The van der Waals surface area contributed by atoms with Crippen molar-refractivity contribution in [2.45, 2.75) is 42.7 Å². The highest BCUT2D eigenvalue weighted by Gasteiger charge is 2.40. The van der Waals surface area contributed by atoms with Gasteiger partial charge in [-0.15, -0.1) is 0 Å². The maximum Gasteiger partial charge on any atom is 0.253 e. The third kappa shape index (κ3) is 4.75. The van der Waals surface area contributed by atoms with Crippen molar-refractivity contribution in [3.63, 3.8) is 0 Å². The van der Waals surface area contributed by atoms with Crippen molar-refractivity contribution in [1.82, 2.24) is 19.9 Å². The zero-order valence-corrected chi connectivity index (χ0v) is 22.6. The molecule has 0 saturated carbocycles. The molecule has 3 aromatic heterocycles. The number of piperazine rings is 1. The van der Waals surface area contributed by atoms with Gasteiger partial charge in [-0.1, -0.05) is 13.0 Å². The van der Waals surface area contributed by atoms with Crippen LogP contribution in [0.25, 0.3) is 0 Å². The van der Waals surface area contributed by atoms with Crippen LogP contribution in [0.3, 0.4) is 0 Å². The van der Waals surface area contributed by atoms with Crippen LogP contribution in [0, 0.1) is 5.92 Å². The third-order valence-electron chi connectivity index (χ3n) is 7.22. The van der Waals surface area contributed by atoms with E-state index in [1.807, 2.05) is 9.80 Å². The fraction of sp³-hybridized carbons (Fsp3) is 0.423. The van der Waals surface area contributed by atoms with E-state index in [2.05, 4.69) is 45.6 Å². The molecule has 2 aliphatic heterocycles. The minimum Gasteiger partial charge on any atom is -0.365 e. The molecule has 5 rings (SSSR count). The predicted molar refractivity (Wildman–Crippen MR) is 144 cm³/mol. The molecule has 200 valence electrons. The van der Waals surface area contributed by atoms with Crippen molar-refractivity contribution in [1.29, 1.82) is 0 Å². The molecule has 0 radical (unpaired) electrons. The lowest BCUT2D eigenvalue weighted by atomic mass is 9.97. The zero-order chi connectivity index (χ0) is 27.1. The normalized spacial score (nSPS) is 19.6. The summed E-state index contributed by atoms with van der Waals surface area (Å²) in [6, 6.07) is 6.24. The molecule has 2 saturated heterocycles. The van der Waals surface area contributed by atoms with Crippen molar-refractivity contribution >= 4 is 33.2 Å². The number of sulfone groups is 1. The summed E-state index contributed by atoms with van der Waals surface area (Å²) >= 11 is 0. The van der Waals surface area contributed by atoms with Crippen molar-refractivity contribution in [3.8, 4) is 0 Å². The average molecular weight is 537 g/mol. The van der Waals surface area contributed by atoms with E-state index >= 15 is 0 Å². The second-order valence-electron chi connectivity index (χ2n) is 10.5. The van der Waals surface area contributed by atoms with Crippen LogP contribution in [0.15, 0.2) is 59.0 Å². The Morgan fingerprint density at radius 2 is 1.71 bits per heavy atom. The molecule has 0 aromatic carbocycles. The van der Waals surface area contributed by atoms with E-state index in [0.29, 0.717) is 50.3 Å². The maximum absolute atomic E-state index is 13.9. The van der Waals surface area contributed by atoms with E-state index in [-0.39, 0.29) is 21.0 Å². The van der Waals surface area contributed by atoms with E-state index in [1.165, 1.54) is 18.3 Å². The molecule has 11 nitrogen and oxygen atoms in total. The lowest BCUT2D eigenvalue weighted by Gasteiger charge is -2.36. The van der Waals surface area contributed by atoms with E-state index in [9.17, 15) is 13.2 Å². The number of nitrogens with zero attached hydrogens (tertiary/aromatic N) is 7. The van der Waals surface area contributed by atoms with Crippen LogP contribution in [0.5, 0.6) is 0 Å². The van der Waals surface area contributed by atoms with Gasteiger partial charge in [-0.25, -0.2) is 23.4 Å². The van der Waals surface area contributed by atoms with Gasteiger partial charge < -0.3 is 20.4 Å². The summed E-state index contributed by atoms with van der Waals surface area (Å²) in [6.07, 6.45) is 7.33. The maximum atomic E-state index is 13.9. The first-order valence-corrected chi connectivity index (χ1v) is 14.1. The van der Waals surface area contributed by atoms with Gasteiger partial charge in [0.2, 0.25) is 9.84 Å². The van der Waals surface area contributed by atoms with Gasteiger partial charge in [0.05, 0.1) is 11.1 Å². The highest BCUT2D eigenvalue weighted by molar-refractivity contribution is 7.91. The molecule has 5 heterocycles. The van der Waals surface area contributed by atoms with Gasteiger partial charge in [-0.05, 0) is 44.4 Å². The lowest BCUT2D eigenvalue weighted by molar-refractivity contribution is 0.0997. The van der Waals surface area contributed by atoms with Gasteiger partial charge in [0.25, 0.3) is 5.91 Å². The molecule has 1 atom stereocenters. The van der Waals surface area contributed by atoms with Gasteiger partial charge in [0.15, 0.2) is 5.03 Å². The summed E-state index contributed by atoms with van der Waals surface area (Å²) in [4.78, 5) is 36.1. The van der Waals surface area contributed by atoms with E-state index < -0.39 is 15.7 Å². The summed E-state index contributed by atoms with van der Waals surface area (Å²) in [5.41, 5.74) is 5.38. The number of rotatable bonds is 6. The number of amides is 1. The number of carbonyl (C=O) groups excluding carboxylic acids is 1. The Kier molecular flexibility index (Phi) is 6.68. The Labute approximate surface area is 222 Å². The molecule has 0 aliphatic carbocycles. The van der Waals surface area contributed by atoms with Crippen LogP contribution in [-0.2, 0) is 9.84 Å². The summed E-state index contributed by atoms with van der Waals surface area (Å²) < 4.78 is 27.7. The molecule has 1 amide bonds. The smallest absolute Gasteiger partial charge is 0.253 e. The van der Waals surface area contributed by atoms with Gasteiger partial charge >= 0.3 is 0 Å². The van der Waals surface area contributed by atoms with Crippen LogP contribution >= 0.6 is 0 Å². The molecule has 3 aromatic rings. The third-order valence-corrected chi connectivity index (χ3v) is 8.92. The molecule has 0 bridgehead atoms. The van der Waals surface area contributed by atoms with Crippen LogP contribution in [-0.4, -0.2) is 72.5 Å². The standard InChI is InChI=1S/C26H32N8O3S/c1-18-15-26(2,3)34(17-18)25-23(24(27)35)19(7-8-30-25)38(36,37)22-6-4-5-20(31-22)32-11-13-33(14-12-32)21-16-28-9-10-29-21/h4-10,16,18H,11-15,17H2,1-3H3,(H2,27,35).